The number of nitrogens with zero attached hydrogens (tertiary/aromatic N) is 1. The normalized spacial score (nSPS) is 10.4. The number of esters is 1. The number of carbonyl (C=O) groups excluding carboxylic acids is 2. The highest BCUT2D eigenvalue weighted by molar-refractivity contribution is 6.30. The Bertz CT molecular complexity index is 487. The summed E-state index contributed by atoms with van der Waals surface area (Å²) in [6.45, 7) is 6.12. The molecule has 22 heavy (non-hydrogen) atoms. The molecule has 0 N–H and O–H groups in total. The van der Waals surface area contributed by atoms with Gasteiger partial charge in [0, 0.05) is 17.6 Å². The number of ether oxygens (including phenoxy) is 2. The van der Waals surface area contributed by atoms with Gasteiger partial charge in [-0.15, -0.1) is 0 Å². The van der Waals surface area contributed by atoms with Crippen LogP contribution in [0.1, 0.15) is 27.2 Å². The average Bonchev–Trinajstić information content (AvgIpc) is 2.46. The zero-order chi connectivity index (χ0) is 16.5. The van der Waals surface area contributed by atoms with Crippen molar-refractivity contribution in [3.05, 3.63) is 29.3 Å². The third-order valence-electron chi connectivity index (χ3n) is 2.98. The molecule has 0 atom stereocenters. The van der Waals surface area contributed by atoms with E-state index in [9.17, 15) is 9.59 Å². The van der Waals surface area contributed by atoms with Gasteiger partial charge in [0.15, 0.2) is 6.61 Å². The summed E-state index contributed by atoms with van der Waals surface area (Å²) in [6, 6.07) is 6.78. The zero-order valence-corrected chi connectivity index (χ0v) is 13.9. The number of carbonyl (C=O) groups is 2. The number of halogens is 1. The Morgan fingerprint density at radius 1 is 1.23 bits per heavy atom. The van der Waals surface area contributed by atoms with Crippen LogP contribution in [-0.2, 0) is 14.3 Å². The van der Waals surface area contributed by atoms with Crippen LogP contribution < -0.4 is 4.74 Å². The number of benzene rings is 1. The van der Waals surface area contributed by atoms with Gasteiger partial charge in [0.2, 0.25) is 0 Å². The van der Waals surface area contributed by atoms with Crippen LogP contribution in [0.5, 0.6) is 5.75 Å². The van der Waals surface area contributed by atoms with Crippen LogP contribution in [0.4, 0.5) is 0 Å². The van der Waals surface area contributed by atoms with Gasteiger partial charge in [0.25, 0.3) is 5.91 Å². The van der Waals surface area contributed by atoms with E-state index in [0.717, 1.165) is 0 Å². The lowest BCUT2D eigenvalue weighted by molar-refractivity contribution is -0.144. The molecule has 1 rings (SSSR count). The van der Waals surface area contributed by atoms with E-state index in [1.165, 1.54) is 0 Å². The lowest BCUT2D eigenvalue weighted by Crippen LogP contribution is -2.41. The SMILES string of the molecule is CCOC(=O)CCN(C(=O)COc1ccc(Cl)cc1)C(C)C. The zero-order valence-electron chi connectivity index (χ0n) is 13.2. The van der Waals surface area contributed by atoms with E-state index < -0.39 is 0 Å². The highest BCUT2D eigenvalue weighted by Crippen LogP contribution is 2.15. The number of amides is 1. The van der Waals surface area contributed by atoms with Crippen molar-refractivity contribution in [2.45, 2.75) is 33.2 Å². The van der Waals surface area contributed by atoms with Crippen LogP contribution in [0.3, 0.4) is 0 Å². The second-order valence-electron chi connectivity index (χ2n) is 4.98. The summed E-state index contributed by atoms with van der Waals surface area (Å²) in [4.78, 5) is 25.2. The van der Waals surface area contributed by atoms with Crippen LogP contribution in [-0.4, -0.2) is 42.6 Å². The predicted molar refractivity (Wildman–Crippen MR) is 85.0 cm³/mol. The quantitative estimate of drug-likeness (QED) is 0.689. The summed E-state index contributed by atoms with van der Waals surface area (Å²) >= 11 is 5.79. The van der Waals surface area contributed by atoms with Crippen molar-refractivity contribution >= 4 is 23.5 Å². The summed E-state index contributed by atoms with van der Waals surface area (Å²) in [7, 11) is 0. The Morgan fingerprint density at radius 2 is 1.86 bits per heavy atom. The van der Waals surface area contributed by atoms with Crippen molar-refractivity contribution in [1.29, 1.82) is 0 Å². The van der Waals surface area contributed by atoms with E-state index in [0.29, 0.717) is 23.9 Å². The second-order valence-corrected chi connectivity index (χ2v) is 5.41. The van der Waals surface area contributed by atoms with Gasteiger partial charge in [-0.25, -0.2) is 0 Å². The van der Waals surface area contributed by atoms with Crippen molar-refractivity contribution in [1.82, 2.24) is 4.90 Å². The van der Waals surface area contributed by atoms with Gasteiger partial charge in [0.05, 0.1) is 13.0 Å². The molecule has 0 aliphatic heterocycles. The molecule has 122 valence electrons. The Kier molecular flexibility index (Phi) is 7.74. The lowest BCUT2D eigenvalue weighted by Gasteiger charge is -2.26. The van der Waals surface area contributed by atoms with E-state index in [1.54, 1.807) is 36.1 Å². The van der Waals surface area contributed by atoms with Gasteiger partial charge in [-0.3, -0.25) is 9.59 Å². The van der Waals surface area contributed by atoms with Crippen molar-refractivity contribution in [2.24, 2.45) is 0 Å². The summed E-state index contributed by atoms with van der Waals surface area (Å²) in [5, 5.41) is 0.608. The monoisotopic (exact) mass is 327 g/mol. The third-order valence-corrected chi connectivity index (χ3v) is 3.23. The maximum atomic E-state index is 12.2. The molecule has 1 amide bonds. The summed E-state index contributed by atoms with van der Waals surface area (Å²) in [5.41, 5.74) is 0. The molecule has 0 saturated carbocycles. The molecule has 0 aliphatic carbocycles. The van der Waals surface area contributed by atoms with E-state index in [1.807, 2.05) is 13.8 Å². The van der Waals surface area contributed by atoms with Crippen LogP contribution in [0.25, 0.3) is 0 Å². The maximum Gasteiger partial charge on any atom is 0.307 e. The predicted octanol–water partition coefficient (Wildman–Crippen LogP) is 2.91. The van der Waals surface area contributed by atoms with Crippen LogP contribution in [0.2, 0.25) is 5.02 Å². The summed E-state index contributed by atoms with van der Waals surface area (Å²) in [5.74, 6) is 0.0978. The van der Waals surface area contributed by atoms with Crippen molar-refractivity contribution in [3.63, 3.8) is 0 Å². The molecule has 0 heterocycles. The number of hydrogen-bond donors (Lipinski definition) is 0. The average molecular weight is 328 g/mol. The van der Waals surface area contributed by atoms with E-state index >= 15 is 0 Å². The molecule has 6 heteroatoms. The maximum absolute atomic E-state index is 12.2. The number of rotatable bonds is 8. The fraction of sp³-hybridized carbons (Fsp3) is 0.500. The van der Waals surface area contributed by atoms with Crippen LogP contribution in [0, 0.1) is 0 Å². The van der Waals surface area contributed by atoms with Crippen molar-refractivity contribution < 1.29 is 19.1 Å². The Morgan fingerprint density at radius 3 is 2.41 bits per heavy atom. The lowest BCUT2D eigenvalue weighted by atomic mass is 10.2. The fourth-order valence-electron chi connectivity index (χ4n) is 1.87. The Balaban J connectivity index is 2.50. The van der Waals surface area contributed by atoms with Gasteiger partial charge >= 0.3 is 5.97 Å². The van der Waals surface area contributed by atoms with Gasteiger partial charge in [0.1, 0.15) is 5.75 Å². The van der Waals surface area contributed by atoms with E-state index in [4.69, 9.17) is 21.1 Å². The molecular formula is C16H22ClNO4. The largest absolute Gasteiger partial charge is 0.484 e. The van der Waals surface area contributed by atoms with Gasteiger partial charge < -0.3 is 14.4 Å². The smallest absolute Gasteiger partial charge is 0.307 e. The summed E-state index contributed by atoms with van der Waals surface area (Å²) in [6.07, 6.45) is 0.179. The molecule has 0 aromatic heterocycles. The van der Waals surface area contributed by atoms with E-state index in [-0.39, 0.29) is 30.9 Å². The molecule has 1 aromatic carbocycles. The van der Waals surface area contributed by atoms with Gasteiger partial charge in [-0.2, -0.15) is 0 Å². The minimum atomic E-state index is -0.306. The Hall–Kier alpha value is -1.75. The van der Waals surface area contributed by atoms with Gasteiger partial charge in [-0.1, -0.05) is 11.6 Å². The van der Waals surface area contributed by atoms with Gasteiger partial charge in [-0.05, 0) is 45.0 Å². The molecule has 0 unspecified atom stereocenters. The molecule has 0 fully saturated rings. The minimum Gasteiger partial charge on any atom is -0.484 e. The first-order chi connectivity index (χ1) is 10.4. The molecule has 0 bridgehead atoms. The molecular weight excluding hydrogens is 306 g/mol. The standard InChI is InChI=1S/C16H22ClNO4/c1-4-21-16(20)9-10-18(12(2)3)15(19)11-22-14-7-5-13(17)6-8-14/h5-8,12H,4,9-11H2,1-3H3. The highest BCUT2D eigenvalue weighted by Gasteiger charge is 2.19. The summed E-state index contributed by atoms with van der Waals surface area (Å²) < 4.78 is 10.3. The Labute approximate surface area is 136 Å². The first kappa shape index (κ1) is 18.3. The van der Waals surface area contributed by atoms with E-state index in [2.05, 4.69) is 0 Å². The second kappa shape index (κ2) is 9.30. The molecule has 0 aliphatic rings. The van der Waals surface area contributed by atoms with Crippen molar-refractivity contribution in [2.75, 3.05) is 19.8 Å². The van der Waals surface area contributed by atoms with Crippen LogP contribution in [0.15, 0.2) is 24.3 Å². The third kappa shape index (κ3) is 6.35. The minimum absolute atomic E-state index is 0.0178. The fourth-order valence-corrected chi connectivity index (χ4v) is 2.00. The first-order valence-corrected chi connectivity index (χ1v) is 7.65. The first-order valence-electron chi connectivity index (χ1n) is 7.27. The molecule has 5 nitrogen and oxygen atoms in total. The molecule has 0 saturated heterocycles. The topological polar surface area (TPSA) is 55.8 Å². The number of hydrogen-bond acceptors (Lipinski definition) is 4. The van der Waals surface area contributed by atoms with Crippen LogP contribution >= 0.6 is 11.6 Å². The van der Waals surface area contributed by atoms with Crippen molar-refractivity contribution in [3.8, 4) is 5.75 Å². The highest BCUT2D eigenvalue weighted by atomic mass is 35.5. The molecule has 0 spiro atoms. The molecule has 0 radical (unpaired) electrons. The molecule has 1 aromatic rings.